The van der Waals surface area contributed by atoms with Gasteiger partial charge < -0.3 is 10.1 Å². The van der Waals surface area contributed by atoms with Gasteiger partial charge in [-0.15, -0.1) is 0 Å². The summed E-state index contributed by atoms with van der Waals surface area (Å²) in [7, 11) is 0. The first-order valence-electron chi connectivity index (χ1n) is 5.89. The van der Waals surface area contributed by atoms with Crippen molar-refractivity contribution in [1.29, 1.82) is 0 Å². The van der Waals surface area contributed by atoms with Gasteiger partial charge in [-0.3, -0.25) is 4.79 Å². The number of Topliss-reactive ketones (excluding diaryl/α,β-unsaturated/α-hetero) is 1. The molecule has 0 aromatic heterocycles. The predicted molar refractivity (Wildman–Crippen MR) is 83.3 cm³/mol. The fourth-order valence-electron chi connectivity index (χ4n) is 1.53. The maximum absolute atomic E-state index is 12.0. The van der Waals surface area contributed by atoms with Gasteiger partial charge >= 0.3 is 5.97 Å². The lowest BCUT2D eigenvalue weighted by Crippen LogP contribution is -2.35. The van der Waals surface area contributed by atoms with Gasteiger partial charge in [-0.25, -0.2) is 4.79 Å². The highest BCUT2D eigenvalue weighted by atomic mass is 127. The largest absolute Gasteiger partial charge is 0.464 e. The average molecular weight is 373 g/mol. The zero-order valence-electron chi connectivity index (χ0n) is 10.9. The summed E-state index contributed by atoms with van der Waals surface area (Å²) in [6.07, 6.45) is 0. The highest BCUT2D eigenvalue weighted by molar-refractivity contribution is 14.1. The molecule has 1 N–H and O–H groups in total. The molecule has 0 heterocycles. The van der Waals surface area contributed by atoms with Crippen LogP contribution in [0.1, 0.15) is 13.8 Å². The predicted octanol–water partition coefficient (Wildman–Crippen LogP) is 2.94. The first kappa shape index (κ1) is 15.7. The molecule has 5 heteroatoms. The molecule has 0 radical (unpaired) electrons. The Kier molecular flexibility index (Phi) is 6.55. The van der Waals surface area contributed by atoms with Crippen LogP contribution in [0, 0.1) is 0 Å². The number of ketones is 1. The monoisotopic (exact) mass is 373 g/mol. The first-order valence-corrected chi connectivity index (χ1v) is 7.14. The van der Waals surface area contributed by atoms with E-state index < -0.39 is 12.0 Å². The van der Waals surface area contributed by atoms with E-state index in [9.17, 15) is 9.59 Å². The minimum atomic E-state index is -0.781. The number of hydrogen-bond acceptors (Lipinski definition) is 4. The molecule has 0 saturated heterocycles. The molecule has 102 valence electrons. The number of esters is 1. The number of hydrogen-bond donors (Lipinski definition) is 1. The number of benzene rings is 1. The van der Waals surface area contributed by atoms with Crippen LogP contribution in [0.25, 0.3) is 0 Å². The van der Waals surface area contributed by atoms with Gasteiger partial charge in [0.2, 0.25) is 0 Å². The minimum absolute atomic E-state index is 0.157. The van der Waals surface area contributed by atoms with Crippen molar-refractivity contribution >= 4 is 40.0 Å². The Bertz CT molecular complexity index is 471. The molecular formula is C14H16INO3. The van der Waals surface area contributed by atoms with Gasteiger partial charge in [0.25, 0.3) is 0 Å². The van der Waals surface area contributed by atoms with Crippen LogP contribution in [-0.4, -0.2) is 24.4 Å². The number of para-hydroxylation sites is 1. The molecule has 1 atom stereocenters. The van der Waals surface area contributed by atoms with Crippen LogP contribution < -0.4 is 5.32 Å². The molecule has 0 aliphatic carbocycles. The molecule has 1 aromatic rings. The molecule has 19 heavy (non-hydrogen) atoms. The van der Waals surface area contributed by atoms with Gasteiger partial charge in [0.05, 0.1) is 6.61 Å². The Morgan fingerprint density at radius 2 is 2.00 bits per heavy atom. The van der Waals surface area contributed by atoms with Crippen molar-refractivity contribution in [3.8, 4) is 0 Å². The maximum Gasteiger partial charge on any atom is 0.333 e. The van der Waals surface area contributed by atoms with E-state index in [4.69, 9.17) is 4.74 Å². The van der Waals surface area contributed by atoms with Crippen molar-refractivity contribution in [3.63, 3.8) is 0 Å². The highest BCUT2D eigenvalue weighted by Crippen LogP contribution is 2.16. The molecule has 0 aliphatic heterocycles. The van der Waals surface area contributed by atoms with Crippen LogP contribution in [0.2, 0.25) is 0 Å². The Morgan fingerprint density at radius 3 is 2.47 bits per heavy atom. The number of ether oxygens (including phenoxy) is 1. The lowest BCUT2D eigenvalue weighted by Gasteiger charge is -2.19. The SMILES string of the molecule is CCOC(=O)C(Nc1ccccc1)/C(=C\I)C(C)=O. The van der Waals surface area contributed by atoms with E-state index in [0.29, 0.717) is 5.57 Å². The fraction of sp³-hybridized carbons (Fsp3) is 0.286. The van der Waals surface area contributed by atoms with E-state index in [0.717, 1.165) is 5.69 Å². The number of anilines is 1. The van der Waals surface area contributed by atoms with Gasteiger partial charge in [0, 0.05) is 11.3 Å². The molecule has 0 amide bonds. The third-order valence-electron chi connectivity index (χ3n) is 2.44. The lowest BCUT2D eigenvalue weighted by atomic mass is 10.1. The van der Waals surface area contributed by atoms with E-state index >= 15 is 0 Å². The summed E-state index contributed by atoms with van der Waals surface area (Å²) in [5, 5.41) is 3.03. The summed E-state index contributed by atoms with van der Waals surface area (Å²) >= 11 is 1.95. The van der Waals surface area contributed by atoms with Crippen LogP contribution in [0.15, 0.2) is 40.0 Å². The topological polar surface area (TPSA) is 55.4 Å². The van der Waals surface area contributed by atoms with Crippen molar-refractivity contribution in [2.24, 2.45) is 0 Å². The normalized spacial score (nSPS) is 12.7. The van der Waals surface area contributed by atoms with Gasteiger partial charge in [0.15, 0.2) is 11.8 Å². The molecular weight excluding hydrogens is 357 g/mol. The zero-order chi connectivity index (χ0) is 14.3. The van der Waals surface area contributed by atoms with Crippen LogP contribution in [0.3, 0.4) is 0 Å². The molecule has 0 saturated carbocycles. The maximum atomic E-state index is 12.0. The third kappa shape index (κ3) is 4.66. The van der Waals surface area contributed by atoms with E-state index in [2.05, 4.69) is 5.32 Å². The molecule has 0 aliphatic rings. The van der Waals surface area contributed by atoms with Gasteiger partial charge in [-0.1, -0.05) is 40.8 Å². The molecule has 0 fully saturated rings. The number of halogens is 1. The van der Waals surface area contributed by atoms with E-state index in [1.807, 2.05) is 52.9 Å². The van der Waals surface area contributed by atoms with Crippen molar-refractivity contribution in [2.75, 3.05) is 11.9 Å². The second-order valence-electron chi connectivity index (χ2n) is 3.82. The van der Waals surface area contributed by atoms with Crippen molar-refractivity contribution in [3.05, 3.63) is 40.0 Å². The molecule has 0 bridgehead atoms. The summed E-state index contributed by atoms with van der Waals surface area (Å²) in [5.41, 5.74) is 1.15. The first-order chi connectivity index (χ1) is 9.10. The van der Waals surface area contributed by atoms with E-state index in [1.165, 1.54) is 6.92 Å². The van der Waals surface area contributed by atoms with Gasteiger partial charge in [-0.05, 0) is 30.1 Å². The number of carbonyl (C=O) groups excluding carboxylic acids is 2. The quantitative estimate of drug-likeness (QED) is 0.473. The lowest BCUT2D eigenvalue weighted by molar-refractivity contribution is -0.143. The minimum Gasteiger partial charge on any atom is -0.464 e. The number of carbonyl (C=O) groups is 2. The smallest absolute Gasteiger partial charge is 0.333 e. The second-order valence-corrected chi connectivity index (χ2v) is 4.44. The summed E-state index contributed by atoms with van der Waals surface area (Å²) in [6.45, 7) is 3.44. The van der Waals surface area contributed by atoms with E-state index in [1.54, 1.807) is 11.0 Å². The molecule has 1 rings (SSSR count). The van der Waals surface area contributed by atoms with Gasteiger partial charge in [-0.2, -0.15) is 0 Å². The summed E-state index contributed by atoms with van der Waals surface area (Å²) in [5.74, 6) is -0.611. The highest BCUT2D eigenvalue weighted by Gasteiger charge is 2.26. The Morgan fingerprint density at radius 1 is 1.37 bits per heavy atom. The zero-order valence-corrected chi connectivity index (χ0v) is 13.0. The van der Waals surface area contributed by atoms with Crippen LogP contribution >= 0.6 is 22.6 Å². The van der Waals surface area contributed by atoms with Crippen LogP contribution in [0.5, 0.6) is 0 Å². The summed E-state index contributed by atoms with van der Waals surface area (Å²) in [6, 6.07) is 8.47. The average Bonchev–Trinajstić information content (AvgIpc) is 2.39. The number of nitrogens with one attached hydrogen (secondary N) is 1. The van der Waals surface area contributed by atoms with E-state index in [-0.39, 0.29) is 12.4 Å². The molecule has 0 spiro atoms. The Labute approximate surface area is 126 Å². The Hall–Kier alpha value is -1.37. The standard InChI is InChI=1S/C14H16INO3/c1-3-19-14(18)13(12(9-15)10(2)17)16-11-7-5-4-6-8-11/h4-9,13,16H,3H2,1-2H3/b12-9-. The Balaban J connectivity index is 2.99. The number of rotatable bonds is 6. The third-order valence-corrected chi connectivity index (χ3v) is 3.11. The molecule has 1 aromatic carbocycles. The summed E-state index contributed by atoms with van der Waals surface area (Å²) < 4.78 is 6.62. The fourth-order valence-corrected chi connectivity index (χ4v) is 2.33. The summed E-state index contributed by atoms with van der Waals surface area (Å²) in [4.78, 5) is 23.6. The van der Waals surface area contributed by atoms with Crippen molar-refractivity contribution < 1.29 is 14.3 Å². The molecule has 4 nitrogen and oxygen atoms in total. The second kappa shape index (κ2) is 7.93. The van der Waals surface area contributed by atoms with Gasteiger partial charge in [0.1, 0.15) is 0 Å². The molecule has 1 unspecified atom stereocenters. The van der Waals surface area contributed by atoms with Crippen molar-refractivity contribution in [2.45, 2.75) is 19.9 Å². The van der Waals surface area contributed by atoms with Crippen LogP contribution in [0.4, 0.5) is 5.69 Å². The van der Waals surface area contributed by atoms with Crippen molar-refractivity contribution in [1.82, 2.24) is 0 Å². The van der Waals surface area contributed by atoms with Crippen LogP contribution in [-0.2, 0) is 14.3 Å².